The Balaban J connectivity index is 3.02. The van der Waals surface area contributed by atoms with Crippen molar-refractivity contribution in [2.75, 3.05) is 13.6 Å². The maximum Gasteiger partial charge on any atom is 0.0552 e. The molecule has 2 heteroatoms. The van der Waals surface area contributed by atoms with Crippen LogP contribution in [-0.4, -0.2) is 24.8 Å². The number of aliphatic hydroxyl groups excluding tert-OH is 1. The standard InChI is InChI=1S/C9H21NO/c1-3-4-5-6-9(11)7-8-10-2/h9-11H,3-8H2,1-2H3. The van der Waals surface area contributed by atoms with Crippen LogP contribution in [0.1, 0.15) is 39.0 Å². The summed E-state index contributed by atoms with van der Waals surface area (Å²) in [5.74, 6) is 0. The third-order valence-corrected chi connectivity index (χ3v) is 1.87. The van der Waals surface area contributed by atoms with E-state index in [9.17, 15) is 5.11 Å². The molecule has 0 radical (unpaired) electrons. The minimum Gasteiger partial charge on any atom is -0.393 e. The number of nitrogens with one attached hydrogen (secondary N) is 1. The van der Waals surface area contributed by atoms with Gasteiger partial charge in [0.25, 0.3) is 0 Å². The van der Waals surface area contributed by atoms with E-state index in [0.29, 0.717) is 0 Å². The van der Waals surface area contributed by atoms with Crippen LogP contribution in [-0.2, 0) is 0 Å². The summed E-state index contributed by atoms with van der Waals surface area (Å²) in [4.78, 5) is 0. The number of unbranched alkanes of at least 4 members (excludes halogenated alkanes) is 2. The second-order valence-corrected chi connectivity index (χ2v) is 3.04. The third kappa shape index (κ3) is 7.82. The summed E-state index contributed by atoms with van der Waals surface area (Å²) in [5.41, 5.74) is 0. The average Bonchev–Trinajstić information content (AvgIpc) is 2.01. The maximum absolute atomic E-state index is 9.37. The van der Waals surface area contributed by atoms with Gasteiger partial charge in [-0.3, -0.25) is 0 Å². The molecule has 1 unspecified atom stereocenters. The van der Waals surface area contributed by atoms with E-state index in [1.807, 2.05) is 7.05 Å². The van der Waals surface area contributed by atoms with Gasteiger partial charge in [-0.2, -0.15) is 0 Å². The molecule has 0 aromatic rings. The lowest BCUT2D eigenvalue weighted by Crippen LogP contribution is -2.16. The highest BCUT2D eigenvalue weighted by Gasteiger charge is 2.01. The van der Waals surface area contributed by atoms with Gasteiger partial charge in [-0.05, 0) is 26.4 Å². The molecule has 0 aliphatic heterocycles. The fourth-order valence-electron chi connectivity index (χ4n) is 1.09. The smallest absolute Gasteiger partial charge is 0.0552 e. The zero-order chi connectivity index (χ0) is 8.53. The molecule has 68 valence electrons. The van der Waals surface area contributed by atoms with Gasteiger partial charge in [0.2, 0.25) is 0 Å². The molecule has 2 N–H and O–H groups in total. The first-order chi connectivity index (χ1) is 5.31. The average molecular weight is 159 g/mol. The van der Waals surface area contributed by atoms with Crippen molar-refractivity contribution in [3.63, 3.8) is 0 Å². The third-order valence-electron chi connectivity index (χ3n) is 1.87. The second kappa shape index (κ2) is 8.02. The predicted molar refractivity (Wildman–Crippen MR) is 48.7 cm³/mol. The van der Waals surface area contributed by atoms with Crippen LogP contribution in [0.5, 0.6) is 0 Å². The molecule has 0 saturated heterocycles. The highest BCUT2D eigenvalue weighted by molar-refractivity contribution is 4.56. The summed E-state index contributed by atoms with van der Waals surface area (Å²) >= 11 is 0. The van der Waals surface area contributed by atoms with Gasteiger partial charge in [0.05, 0.1) is 6.10 Å². The van der Waals surface area contributed by atoms with Crippen molar-refractivity contribution in [1.82, 2.24) is 5.32 Å². The van der Waals surface area contributed by atoms with Crippen molar-refractivity contribution in [2.24, 2.45) is 0 Å². The Morgan fingerprint density at radius 1 is 1.27 bits per heavy atom. The van der Waals surface area contributed by atoms with Crippen LogP contribution in [0, 0.1) is 0 Å². The minimum atomic E-state index is -0.0889. The molecule has 1 atom stereocenters. The van der Waals surface area contributed by atoms with Gasteiger partial charge in [0.15, 0.2) is 0 Å². The second-order valence-electron chi connectivity index (χ2n) is 3.04. The lowest BCUT2D eigenvalue weighted by atomic mass is 10.1. The number of hydrogen-bond donors (Lipinski definition) is 2. The first-order valence-electron chi connectivity index (χ1n) is 4.64. The van der Waals surface area contributed by atoms with E-state index >= 15 is 0 Å². The Labute approximate surface area is 70.0 Å². The molecular formula is C9H21NO. The molecule has 11 heavy (non-hydrogen) atoms. The summed E-state index contributed by atoms with van der Waals surface area (Å²) in [5, 5.41) is 12.4. The molecule has 0 aliphatic carbocycles. The van der Waals surface area contributed by atoms with Crippen LogP contribution in [0.25, 0.3) is 0 Å². The molecule has 0 fully saturated rings. The van der Waals surface area contributed by atoms with Crippen LogP contribution in [0.2, 0.25) is 0 Å². The van der Waals surface area contributed by atoms with Crippen molar-refractivity contribution >= 4 is 0 Å². The van der Waals surface area contributed by atoms with E-state index in [0.717, 1.165) is 19.4 Å². The highest BCUT2D eigenvalue weighted by Crippen LogP contribution is 2.05. The Morgan fingerprint density at radius 3 is 2.55 bits per heavy atom. The predicted octanol–water partition coefficient (Wildman–Crippen LogP) is 1.54. The van der Waals surface area contributed by atoms with Gasteiger partial charge in [0, 0.05) is 0 Å². The summed E-state index contributed by atoms with van der Waals surface area (Å²) in [6, 6.07) is 0. The van der Waals surface area contributed by atoms with Gasteiger partial charge >= 0.3 is 0 Å². The molecule has 0 spiro atoms. The molecule has 0 aromatic heterocycles. The minimum absolute atomic E-state index is 0.0889. The van der Waals surface area contributed by atoms with Crippen molar-refractivity contribution in [2.45, 2.75) is 45.1 Å². The molecule has 2 nitrogen and oxygen atoms in total. The Bertz CT molecular complexity index is 76.0. The van der Waals surface area contributed by atoms with Crippen molar-refractivity contribution < 1.29 is 5.11 Å². The summed E-state index contributed by atoms with van der Waals surface area (Å²) in [6.45, 7) is 3.10. The van der Waals surface area contributed by atoms with Crippen LogP contribution in [0.3, 0.4) is 0 Å². The van der Waals surface area contributed by atoms with Gasteiger partial charge in [0.1, 0.15) is 0 Å². The van der Waals surface area contributed by atoms with Crippen molar-refractivity contribution in [1.29, 1.82) is 0 Å². The summed E-state index contributed by atoms with van der Waals surface area (Å²) in [6.07, 6.45) is 5.42. The molecule has 0 amide bonds. The largest absolute Gasteiger partial charge is 0.393 e. The van der Waals surface area contributed by atoms with Crippen LogP contribution >= 0.6 is 0 Å². The maximum atomic E-state index is 9.37. The first-order valence-corrected chi connectivity index (χ1v) is 4.64. The van der Waals surface area contributed by atoms with E-state index in [-0.39, 0.29) is 6.10 Å². The molecule has 0 heterocycles. The fourth-order valence-corrected chi connectivity index (χ4v) is 1.09. The lowest BCUT2D eigenvalue weighted by molar-refractivity contribution is 0.151. The van der Waals surface area contributed by atoms with Crippen molar-refractivity contribution in [3.05, 3.63) is 0 Å². The van der Waals surface area contributed by atoms with E-state index in [2.05, 4.69) is 12.2 Å². The molecule has 0 rings (SSSR count). The van der Waals surface area contributed by atoms with Gasteiger partial charge in [-0.15, -0.1) is 0 Å². The van der Waals surface area contributed by atoms with Crippen LogP contribution < -0.4 is 5.32 Å². The molecule has 0 saturated carbocycles. The summed E-state index contributed by atoms with van der Waals surface area (Å²) < 4.78 is 0. The van der Waals surface area contributed by atoms with E-state index < -0.39 is 0 Å². The Hall–Kier alpha value is -0.0800. The number of hydrogen-bond acceptors (Lipinski definition) is 2. The fraction of sp³-hybridized carbons (Fsp3) is 1.00. The van der Waals surface area contributed by atoms with Gasteiger partial charge in [-0.25, -0.2) is 0 Å². The monoisotopic (exact) mass is 159 g/mol. The Morgan fingerprint density at radius 2 is 2.00 bits per heavy atom. The number of rotatable bonds is 7. The van der Waals surface area contributed by atoms with Gasteiger partial charge < -0.3 is 10.4 Å². The lowest BCUT2D eigenvalue weighted by Gasteiger charge is -2.08. The number of aliphatic hydroxyl groups is 1. The topological polar surface area (TPSA) is 32.3 Å². The normalized spacial score (nSPS) is 13.4. The molecular weight excluding hydrogens is 138 g/mol. The molecule has 0 aliphatic rings. The SMILES string of the molecule is CCCCCC(O)CCNC. The molecule has 0 aromatic carbocycles. The Kier molecular flexibility index (Phi) is 7.96. The zero-order valence-electron chi connectivity index (χ0n) is 7.77. The quantitative estimate of drug-likeness (QED) is 0.552. The van der Waals surface area contributed by atoms with Crippen LogP contribution in [0.4, 0.5) is 0 Å². The van der Waals surface area contributed by atoms with Crippen LogP contribution in [0.15, 0.2) is 0 Å². The van der Waals surface area contributed by atoms with E-state index in [1.165, 1.54) is 19.3 Å². The van der Waals surface area contributed by atoms with Gasteiger partial charge in [-0.1, -0.05) is 26.2 Å². The van der Waals surface area contributed by atoms with E-state index in [4.69, 9.17) is 0 Å². The summed E-state index contributed by atoms with van der Waals surface area (Å²) in [7, 11) is 1.92. The molecule has 0 bridgehead atoms. The van der Waals surface area contributed by atoms with E-state index in [1.54, 1.807) is 0 Å². The zero-order valence-corrected chi connectivity index (χ0v) is 7.77. The first kappa shape index (κ1) is 10.9. The highest BCUT2D eigenvalue weighted by atomic mass is 16.3. The van der Waals surface area contributed by atoms with Crippen molar-refractivity contribution in [3.8, 4) is 0 Å².